The number of hydrogen-bond donors (Lipinski definition) is 1. The number of rotatable bonds is 4. The minimum atomic E-state index is -0.495. The van der Waals surface area contributed by atoms with Gasteiger partial charge in [-0.2, -0.15) is 0 Å². The first kappa shape index (κ1) is 19.0. The maximum absolute atomic E-state index is 12.4. The Kier molecular flexibility index (Phi) is 6.12. The number of nitrogens with zero attached hydrogens (tertiary/aromatic N) is 1. The van der Waals surface area contributed by atoms with Crippen LogP contribution in [0.15, 0.2) is 11.1 Å². The molecule has 134 valence electrons. The van der Waals surface area contributed by atoms with Gasteiger partial charge in [-0.3, -0.25) is 19.3 Å². The van der Waals surface area contributed by atoms with Crippen molar-refractivity contribution >= 4 is 29.4 Å². The first-order valence-corrected chi connectivity index (χ1v) is 9.65. The van der Waals surface area contributed by atoms with Crippen molar-refractivity contribution in [1.29, 1.82) is 0 Å². The quantitative estimate of drug-likeness (QED) is 0.790. The first-order chi connectivity index (χ1) is 11.2. The highest BCUT2D eigenvalue weighted by molar-refractivity contribution is 8.04. The second kappa shape index (κ2) is 7.72. The third-order valence-electron chi connectivity index (χ3n) is 4.66. The topological polar surface area (TPSA) is 66.5 Å². The minimum absolute atomic E-state index is 0.00168. The van der Waals surface area contributed by atoms with Crippen molar-refractivity contribution in [2.24, 2.45) is 11.3 Å². The van der Waals surface area contributed by atoms with E-state index in [4.69, 9.17) is 0 Å². The van der Waals surface area contributed by atoms with E-state index in [1.54, 1.807) is 0 Å². The van der Waals surface area contributed by atoms with Gasteiger partial charge in [-0.1, -0.05) is 52.3 Å². The molecular formula is C18H28N2O3S. The minimum Gasteiger partial charge on any atom is -0.352 e. The van der Waals surface area contributed by atoms with Gasteiger partial charge in [-0.05, 0) is 18.8 Å². The summed E-state index contributed by atoms with van der Waals surface area (Å²) in [5.74, 6) is 0.476. The lowest BCUT2D eigenvalue weighted by molar-refractivity contribution is -0.131. The predicted molar refractivity (Wildman–Crippen MR) is 96.3 cm³/mol. The van der Waals surface area contributed by atoms with Crippen molar-refractivity contribution in [3.05, 3.63) is 11.1 Å². The van der Waals surface area contributed by atoms with Gasteiger partial charge in [0.15, 0.2) is 5.78 Å². The van der Waals surface area contributed by atoms with E-state index in [0.717, 1.165) is 19.3 Å². The Morgan fingerprint density at radius 2 is 1.96 bits per heavy atom. The number of amides is 2. The Morgan fingerprint density at radius 3 is 2.58 bits per heavy atom. The van der Waals surface area contributed by atoms with Crippen molar-refractivity contribution in [1.82, 2.24) is 10.2 Å². The zero-order chi connectivity index (χ0) is 17.9. The van der Waals surface area contributed by atoms with E-state index in [0.29, 0.717) is 10.9 Å². The molecular weight excluding hydrogens is 324 g/mol. The van der Waals surface area contributed by atoms with E-state index in [-0.39, 0.29) is 35.9 Å². The van der Waals surface area contributed by atoms with Crippen LogP contribution in [0.2, 0.25) is 0 Å². The molecule has 0 aromatic heterocycles. The molecule has 2 amide bonds. The molecule has 1 heterocycles. The van der Waals surface area contributed by atoms with Crippen LogP contribution in [0, 0.1) is 11.3 Å². The average Bonchev–Trinajstić information content (AvgIpc) is 2.81. The Hall–Kier alpha value is -1.30. The van der Waals surface area contributed by atoms with Gasteiger partial charge >= 0.3 is 0 Å². The number of allylic oxidation sites excluding steroid dienone is 1. The number of nitrogens with one attached hydrogen (secondary N) is 1. The largest absolute Gasteiger partial charge is 0.352 e. The summed E-state index contributed by atoms with van der Waals surface area (Å²) in [5, 5.41) is 3.66. The first-order valence-electron chi connectivity index (χ1n) is 8.67. The fourth-order valence-electron chi connectivity index (χ4n) is 2.96. The number of hydrogen-bond acceptors (Lipinski definition) is 4. The highest BCUT2D eigenvalue weighted by Gasteiger charge is 2.32. The fourth-order valence-corrected chi connectivity index (χ4v) is 3.90. The fraction of sp³-hybridized carbons (Fsp3) is 0.722. The van der Waals surface area contributed by atoms with Crippen LogP contribution in [0.4, 0.5) is 0 Å². The third kappa shape index (κ3) is 4.85. The van der Waals surface area contributed by atoms with Gasteiger partial charge in [0.25, 0.3) is 0 Å². The van der Waals surface area contributed by atoms with Crippen LogP contribution in [0.3, 0.4) is 0 Å². The van der Waals surface area contributed by atoms with Crippen LogP contribution in [-0.4, -0.2) is 40.8 Å². The van der Waals surface area contributed by atoms with Crippen LogP contribution >= 0.6 is 11.8 Å². The maximum Gasteiger partial charge on any atom is 0.240 e. The van der Waals surface area contributed by atoms with Gasteiger partial charge < -0.3 is 5.32 Å². The highest BCUT2D eigenvalue weighted by Crippen LogP contribution is 2.30. The van der Waals surface area contributed by atoms with E-state index < -0.39 is 5.41 Å². The maximum atomic E-state index is 12.4. The Balaban J connectivity index is 2.00. The summed E-state index contributed by atoms with van der Waals surface area (Å²) in [4.78, 5) is 38.1. The summed E-state index contributed by atoms with van der Waals surface area (Å²) in [6, 6.07) is 0.195. The predicted octanol–water partition coefficient (Wildman–Crippen LogP) is 2.71. The average molecular weight is 353 g/mol. The molecule has 0 radical (unpaired) electrons. The van der Waals surface area contributed by atoms with E-state index in [1.807, 2.05) is 20.8 Å². The number of carbonyl (C=O) groups excluding carboxylic acids is 3. The smallest absolute Gasteiger partial charge is 0.240 e. The van der Waals surface area contributed by atoms with Crippen LogP contribution in [0.25, 0.3) is 0 Å². The van der Waals surface area contributed by atoms with Crippen molar-refractivity contribution in [3.8, 4) is 0 Å². The van der Waals surface area contributed by atoms with E-state index >= 15 is 0 Å². The van der Waals surface area contributed by atoms with Crippen LogP contribution in [-0.2, 0) is 14.4 Å². The molecule has 0 spiro atoms. The number of carbonyl (C=O) groups is 3. The second-order valence-corrected chi connectivity index (χ2v) is 8.80. The molecule has 0 bridgehead atoms. The Labute approximate surface area is 148 Å². The lowest BCUT2D eigenvalue weighted by Crippen LogP contribution is -2.45. The van der Waals surface area contributed by atoms with E-state index in [2.05, 4.69) is 12.2 Å². The van der Waals surface area contributed by atoms with Gasteiger partial charge in [0.05, 0.1) is 10.8 Å². The zero-order valence-corrected chi connectivity index (χ0v) is 15.9. The van der Waals surface area contributed by atoms with Crippen molar-refractivity contribution in [2.75, 3.05) is 12.3 Å². The molecule has 2 aliphatic rings. The lowest BCUT2D eigenvalue weighted by Gasteiger charge is -2.30. The molecule has 2 atom stereocenters. The highest BCUT2D eigenvalue weighted by atomic mass is 32.2. The molecule has 0 unspecified atom stereocenters. The molecule has 6 heteroatoms. The lowest BCUT2D eigenvalue weighted by atomic mass is 9.86. The molecule has 1 saturated carbocycles. The Morgan fingerprint density at radius 1 is 1.29 bits per heavy atom. The zero-order valence-electron chi connectivity index (χ0n) is 15.1. The molecule has 24 heavy (non-hydrogen) atoms. The van der Waals surface area contributed by atoms with Gasteiger partial charge in [0.1, 0.15) is 6.54 Å². The molecule has 1 saturated heterocycles. The summed E-state index contributed by atoms with van der Waals surface area (Å²) < 4.78 is 0. The Bertz CT molecular complexity index is 551. The summed E-state index contributed by atoms with van der Waals surface area (Å²) in [6.07, 6.45) is 6.00. The van der Waals surface area contributed by atoms with Crippen LogP contribution < -0.4 is 5.32 Å². The second-order valence-electron chi connectivity index (χ2n) is 7.80. The molecule has 2 fully saturated rings. The summed E-state index contributed by atoms with van der Waals surface area (Å²) in [7, 11) is 0. The SMILES string of the molecule is C[C@@H]1CCCC[C@@H]1NC(=O)CN1C(=O)CS/C1=C/C(=O)C(C)(C)C. The third-order valence-corrected chi connectivity index (χ3v) is 5.69. The van der Waals surface area contributed by atoms with Gasteiger partial charge in [0, 0.05) is 17.5 Å². The van der Waals surface area contributed by atoms with Gasteiger partial charge in [-0.25, -0.2) is 0 Å². The van der Waals surface area contributed by atoms with Crippen LogP contribution in [0.5, 0.6) is 0 Å². The molecule has 0 aromatic carbocycles. The number of thioether (sulfide) groups is 1. The molecule has 2 rings (SSSR count). The van der Waals surface area contributed by atoms with Crippen molar-refractivity contribution in [3.63, 3.8) is 0 Å². The monoisotopic (exact) mass is 352 g/mol. The van der Waals surface area contributed by atoms with Crippen molar-refractivity contribution in [2.45, 2.75) is 59.4 Å². The van der Waals surface area contributed by atoms with Crippen molar-refractivity contribution < 1.29 is 14.4 Å². The molecule has 0 aromatic rings. The van der Waals surface area contributed by atoms with Crippen LogP contribution in [0.1, 0.15) is 53.4 Å². The van der Waals surface area contributed by atoms with E-state index in [1.165, 1.54) is 29.2 Å². The van der Waals surface area contributed by atoms with E-state index in [9.17, 15) is 14.4 Å². The summed E-state index contributed by atoms with van der Waals surface area (Å²) >= 11 is 1.33. The standard InChI is InChI=1S/C18H28N2O3S/c1-12-7-5-6-8-13(12)19-15(22)10-20-16(23)11-24-17(20)9-14(21)18(2,3)4/h9,12-13H,5-8,10-11H2,1-4H3,(H,19,22)/b17-9+/t12-,13+/m1/s1. The molecule has 5 nitrogen and oxygen atoms in total. The normalized spacial score (nSPS) is 26.8. The molecule has 1 aliphatic heterocycles. The molecule has 1 N–H and O–H groups in total. The summed E-state index contributed by atoms with van der Waals surface area (Å²) in [6.45, 7) is 7.69. The summed E-state index contributed by atoms with van der Waals surface area (Å²) in [5.41, 5.74) is -0.495. The van der Waals surface area contributed by atoms with Gasteiger partial charge in [0.2, 0.25) is 11.8 Å². The molecule has 1 aliphatic carbocycles. The number of ketones is 1. The van der Waals surface area contributed by atoms with Gasteiger partial charge in [-0.15, -0.1) is 0 Å².